The molecule has 2 aliphatic rings. The Bertz CT molecular complexity index is 529. The zero-order valence-corrected chi connectivity index (χ0v) is 11.9. The van der Waals surface area contributed by atoms with E-state index in [4.69, 9.17) is 9.47 Å². The van der Waals surface area contributed by atoms with Gasteiger partial charge in [-0.1, -0.05) is 6.08 Å². The monoisotopic (exact) mass is 277 g/mol. The predicted molar refractivity (Wildman–Crippen MR) is 76.3 cm³/mol. The van der Waals surface area contributed by atoms with Gasteiger partial charge >= 0.3 is 0 Å². The highest BCUT2D eigenvalue weighted by molar-refractivity contribution is 5.69. The van der Waals surface area contributed by atoms with Crippen LogP contribution < -0.4 is 4.74 Å². The summed E-state index contributed by atoms with van der Waals surface area (Å²) >= 11 is 0. The van der Waals surface area contributed by atoms with E-state index < -0.39 is 0 Å². The van der Waals surface area contributed by atoms with Crippen molar-refractivity contribution < 1.29 is 13.9 Å². The summed E-state index contributed by atoms with van der Waals surface area (Å²) < 4.78 is 24.8. The molecule has 1 fully saturated rings. The summed E-state index contributed by atoms with van der Waals surface area (Å²) in [5.74, 6) is 0.357. The molecule has 108 valence electrons. The van der Waals surface area contributed by atoms with Crippen molar-refractivity contribution in [2.45, 2.75) is 25.4 Å². The fourth-order valence-electron chi connectivity index (χ4n) is 2.97. The van der Waals surface area contributed by atoms with Crippen molar-refractivity contribution in [3.8, 4) is 5.75 Å². The van der Waals surface area contributed by atoms with Gasteiger partial charge in [-0.15, -0.1) is 0 Å². The average Bonchev–Trinajstić information content (AvgIpc) is 2.38. The molecule has 1 saturated heterocycles. The molecular formula is C16H20FNO2. The molecule has 0 aliphatic carbocycles. The quantitative estimate of drug-likeness (QED) is 0.848. The summed E-state index contributed by atoms with van der Waals surface area (Å²) in [5, 5.41) is 0. The van der Waals surface area contributed by atoms with E-state index >= 15 is 0 Å². The zero-order chi connectivity index (χ0) is 14.1. The smallest absolute Gasteiger partial charge is 0.127 e. The molecule has 0 N–H and O–H groups in total. The van der Waals surface area contributed by atoms with Crippen LogP contribution in [0.1, 0.15) is 18.9 Å². The lowest BCUT2D eigenvalue weighted by molar-refractivity contribution is -0.0221. The van der Waals surface area contributed by atoms with Crippen molar-refractivity contribution in [3.63, 3.8) is 0 Å². The first kappa shape index (κ1) is 13.6. The number of morpholine rings is 1. The van der Waals surface area contributed by atoms with Crippen LogP contribution in [0.4, 0.5) is 4.39 Å². The van der Waals surface area contributed by atoms with E-state index in [2.05, 4.69) is 18.0 Å². The molecule has 1 aromatic carbocycles. The molecule has 0 aromatic heterocycles. The van der Waals surface area contributed by atoms with Crippen LogP contribution in [0.25, 0.3) is 5.57 Å². The number of fused-ring (bicyclic) bond motifs is 2. The van der Waals surface area contributed by atoms with Gasteiger partial charge in [0.15, 0.2) is 0 Å². The summed E-state index contributed by atoms with van der Waals surface area (Å²) in [6.07, 6.45) is 3.09. The van der Waals surface area contributed by atoms with Crippen molar-refractivity contribution in [3.05, 3.63) is 35.7 Å². The van der Waals surface area contributed by atoms with E-state index in [9.17, 15) is 4.39 Å². The fraction of sp³-hybridized carbons (Fsp3) is 0.500. The lowest BCUT2D eigenvalue weighted by Gasteiger charge is -2.42. The number of benzene rings is 1. The van der Waals surface area contributed by atoms with Crippen LogP contribution in [0.5, 0.6) is 5.75 Å². The topological polar surface area (TPSA) is 21.7 Å². The molecular weight excluding hydrogens is 257 g/mol. The zero-order valence-electron chi connectivity index (χ0n) is 11.9. The van der Waals surface area contributed by atoms with Gasteiger partial charge in [0.1, 0.15) is 11.6 Å². The first-order chi connectivity index (χ1) is 9.67. The molecule has 1 aromatic rings. The molecule has 20 heavy (non-hydrogen) atoms. The Kier molecular flexibility index (Phi) is 3.76. The summed E-state index contributed by atoms with van der Waals surface area (Å²) in [5.41, 5.74) is 2.13. The van der Waals surface area contributed by atoms with Crippen LogP contribution in [0, 0.1) is 5.82 Å². The molecule has 2 aliphatic heterocycles. The second-order valence-corrected chi connectivity index (χ2v) is 5.43. The predicted octanol–water partition coefficient (Wildman–Crippen LogP) is 2.71. The molecule has 3 nitrogen and oxygen atoms in total. The van der Waals surface area contributed by atoms with Gasteiger partial charge in [0, 0.05) is 12.1 Å². The van der Waals surface area contributed by atoms with Gasteiger partial charge in [-0.25, -0.2) is 4.39 Å². The average molecular weight is 277 g/mol. The summed E-state index contributed by atoms with van der Waals surface area (Å²) in [7, 11) is 2.13. The molecule has 3 rings (SSSR count). The molecule has 2 unspecified atom stereocenters. The molecule has 0 spiro atoms. The largest absolute Gasteiger partial charge is 0.494 e. The van der Waals surface area contributed by atoms with Gasteiger partial charge in [-0.05, 0) is 43.7 Å². The van der Waals surface area contributed by atoms with E-state index in [1.165, 1.54) is 11.6 Å². The Morgan fingerprint density at radius 3 is 2.95 bits per heavy atom. The van der Waals surface area contributed by atoms with E-state index in [-0.39, 0.29) is 11.9 Å². The maximum atomic E-state index is 13.7. The first-order valence-electron chi connectivity index (χ1n) is 7.11. The number of nitrogens with zero attached hydrogens (tertiary/aromatic N) is 1. The Balaban J connectivity index is 1.93. The standard InChI is InChI=1S/C16H20FNO2/c1-3-20-16-7-11(4-13(17)8-16)12-5-14-9-19-10-15(6-12)18(14)2/h4-5,7-8,14-15H,3,6,9-10H2,1-2H3. The van der Waals surface area contributed by atoms with E-state index in [0.29, 0.717) is 25.0 Å². The number of hydrogen-bond acceptors (Lipinski definition) is 3. The molecule has 2 bridgehead atoms. The number of hydrogen-bond donors (Lipinski definition) is 0. The van der Waals surface area contributed by atoms with Crippen LogP contribution in [-0.2, 0) is 4.74 Å². The molecule has 0 radical (unpaired) electrons. The van der Waals surface area contributed by atoms with Crippen molar-refractivity contribution in [2.24, 2.45) is 0 Å². The lowest BCUT2D eigenvalue weighted by atomic mass is 9.90. The third-order valence-electron chi connectivity index (χ3n) is 4.10. The number of halogens is 1. The molecule has 4 heteroatoms. The van der Waals surface area contributed by atoms with Crippen LogP contribution >= 0.6 is 0 Å². The third-order valence-corrected chi connectivity index (χ3v) is 4.10. The van der Waals surface area contributed by atoms with Crippen LogP contribution in [0.2, 0.25) is 0 Å². The minimum Gasteiger partial charge on any atom is -0.494 e. The highest BCUT2D eigenvalue weighted by Crippen LogP contribution is 2.33. The van der Waals surface area contributed by atoms with Crippen molar-refractivity contribution in [1.82, 2.24) is 4.90 Å². The summed E-state index contributed by atoms with van der Waals surface area (Å²) in [6, 6.07) is 5.63. The fourth-order valence-corrected chi connectivity index (χ4v) is 2.97. The summed E-state index contributed by atoms with van der Waals surface area (Å²) in [4.78, 5) is 2.34. The van der Waals surface area contributed by atoms with Crippen LogP contribution in [0.15, 0.2) is 24.3 Å². The number of rotatable bonds is 3. The van der Waals surface area contributed by atoms with Crippen molar-refractivity contribution in [2.75, 3.05) is 26.9 Å². The van der Waals surface area contributed by atoms with E-state index in [1.54, 1.807) is 6.07 Å². The maximum Gasteiger partial charge on any atom is 0.127 e. The minimum absolute atomic E-state index is 0.243. The number of likely N-dealkylation sites (N-methyl/N-ethyl adjacent to an activating group) is 1. The Hall–Kier alpha value is -1.39. The van der Waals surface area contributed by atoms with Gasteiger partial charge in [0.05, 0.1) is 25.9 Å². The highest BCUT2D eigenvalue weighted by Gasteiger charge is 2.32. The van der Waals surface area contributed by atoms with Crippen molar-refractivity contribution >= 4 is 5.57 Å². The van der Waals surface area contributed by atoms with Gasteiger partial charge in [0.25, 0.3) is 0 Å². The van der Waals surface area contributed by atoms with Crippen molar-refractivity contribution in [1.29, 1.82) is 0 Å². The van der Waals surface area contributed by atoms with Crippen LogP contribution in [0.3, 0.4) is 0 Å². The molecule has 2 atom stereocenters. The Labute approximate surface area is 119 Å². The number of ether oxygens (including phenoxy) is 2. The third kappa shape index (κ3) is 2.58. The lowest BCUT2D eigenvalue weighted by Crippen LogP contribution is -2.51. The Morgan fingerprint density at radius 2 is 2.20 bits per heavy atom. The van der Waals surface area contributed by atoms with Crippen LogP contribution in [-0.4, -0.2) is 43.9 Å². The first-order valence-corrected chi connectivity index (χ1v) is 7.11. The minimum atomic E-state index is -0.243. The van der Waals surface area contributed by atoms with Gasteiger partial charge in [-0.3, -0.25) is 4.90 Å². The SMILES string of the molecule is CCOc1cc(F)cc(C2=CC3COCC(C2)N3C)c1. The normalized spacial score (nSPS) is 26.2. The second kappa shape index (κ2) is 5.54. The van der Waals surface area contributed by atoms with Gasteiger partial charge < -0.3 is 9.47 Å². The highest BCUT2D eigenvalue weighted by atomic mass is 19.1. The van der Waals surface area contributed by atoms with E-state index in [0.717, 1.165) is 18.6 Å². The molecule has 0 saturated carbocycles. The second-order valence-electron chi connectivity index (χ2n) is 5.43. The summed E-state index contributed by atoms with van der Waals surface area (Å²) in [6.45, 7) is 3.91. The molecule has 0 amide bonds. The van der Waals surface area contributed by atoms with Gasteiger partial charge in [0.2, 0.25) is 0 Å². The van der Waals surface area contributed by atoms with E-state index in [1.807, 2.05) is 13.0 Å². The van der Waals surface area contributed by atoms with Gasteiger partial charge in [-0.2, -0.15) is 0 Å². The maximum absolute atomic E-state index is 13.7. The Morgan fingerprint density at radius 1 is 1.35 bits per heavy atom. The molecule has 2 heterocycles.